The van der Waals surface area contributed by atoms with E-state index in [1.54, 1.807) is 0 Å². The Labute approximate surface area is 154 Å². The number of nitrogens with zero attached hydrogens (tertiary/aromatic N) is 1. The van der Waals surface area contributed by atoms with Crippen molar-refractivity contribution >= 4 is 5.91 Å². The smallest absolute Gasteiger partial charge is 0.223 e. The Bertz CT molecular complexity index is 827. The highest BCUT2D eigenvalue weighted by Crippen LogP contribution is 2.37. The van der Waals surface area contributed by atoms with Crippen LogP contribution in [0.3, 0.4) is 0 Å². The van der Waals surface area contributed by atoms with Gasteiger partial charge in [-0.2, -0.15) is 0 Å². The molecule has 1 aliphatic heterocycles. The number of benzene rings is 1. The second-order valence-electron chi connectivity index (χ2n) is 7.19. The zero-order valence-corrected chi connectivity index (χ0v) is 15.1. The van der Waals surface area contributed by atoms with Crippen LogP contribution >= 0.6 is 0 Å². The molecular formula is C22H24N2O2. The van der Waals surface area contributed by atoms with E-state index in [1.807, 2.05) is 31.3 Å². The summed E-state index contributed by atoms with van der Waals surface area (Å²) in [6.07, 6.45) is 9.73. The minimum atomic E-state index is -0.0142. The van der Waals surface area contributed by atoms with Crippen molar-refractivity contribution in [3.63, 3.8) is 0 Å². The molecule has 0 saturated carbocycles. The molecule has 0 saturated heterocycles. The van der Waals surface area contributed by atoms with E-state index in [0.29, 0.717) is 6.54 Å². The number of carbonyl (C=O) groups excluding carboxylic acids is 1. The summed E-state index contributed by atoms with van der Waals surface area (Å²) in [6, 6.07) is 10.3. The molecule has 2 aliphatic rings. The Morgan fingerprint density at radius 3 is 2.96 bits per heavy atom. The van der Waals surface area contributed by atoms with Gasteiger partial charge in [0, 0.05) is 24.1 Å². The van der Waals surface area contributed by atoms with Gasteiger partial charge in [0.2, 0.25) is 5.91 Å². The summed E-state index contributed by atoms with van der Waals surface area (Å²) in [5.74, 6) is 1.16. The topological polar surface area (TPSA) is 51.2 Å². The number of para-hydroxylation sites is 1. The van der Waals surface area contributed by atoms with E-state index in [-0.39, 0.29) is 17.9 Å². The van der Waals surface area contributed by atoms with Crippen molar-refractivity contribution in [2.45, 2.75) is 38.7 Å². The zero-order chi connectivity index (χ0) is 17.9. The van der Waals surface area contributed by atoms with Gasteiger partial charge in [0.15, 0.2) is 0 Å². The van der Waals surface area contributed by atoms with Crippen molar-refractivity contribution in [3.8, 4) is 17.0 Å². The van der Waals surface area contributed by atoms with Crippen LogP contribution in [0.4, 0.5) is 0 Å². The van der Waals surface area contributed by atoms with Gasteiger partial charge in [-0.3, -0.25) is 9.78 Å². The fourth-order valence-electron chi connectivity index (χ4n) is 3.67. The van der Waals surface area contributed by atoms with Crippen molar-refractivity contribution in [1.82, 2.24) is 10.3 Å². The fraction of sp³-hybridized carbons (Fsp3) is 0.364. The van der Waals surface area contributed by atoms with Gasteiger partial charge in [0.1, 0.15) is 11.9 Å². The summed E-state index contributed by atoms with van der Waals surface area (Å²) >= 11 is 0. The van der Waals surface area contributed by atoms with Gasteiger partial charge >= 0.3 is 0 Å². The average molecular weight is 348 g/mol. The number of rotatable bonds is 4. The quantitative estimate of drug-likeness (QED) is 0.854. The number of nitrogens with one attached hydrogen (secondary N) is 1. The molecule has 0 spiro atoms. The number of aromatic nitrogens is 1. The molecule has 0 unspecified atom stereocenters. The molecule has 1 aromatic carbocycles. The predicted molar refractivity (Wildman–Crippen MR) is 102 cm³/mol. The molecule has 1 N–H and O–H groups in total. The maximum absolute atomic E-state index is 12.3. The van der Waals surface area contributed by atoms with Crippen LogP contribution < -0.4 is 10.1 Å². The lowest BCUT2D eigenvalue weighted by Gasteiger charge is -2.19. The molecule has 2 heterocycles. The lowest BCUT2D eigenvalue weighted by atomic mass is 9.93. The number of pyridine rings is 1. The summed E-state index contributed by atoms with van der Waals surface area (Å²) in [5, 5.41) is 3.08. The summed E-state index contributed by atoms with van der Waals surface area (Å²) in [4.78, 5) is 16.9. The van der Waals surface area contributed by atoms with Gasteiger partial charge in [0.25, 0.3) is 0 Å². The van der Waals surface area contributed by atoms with E-state index in [2.05, 4.69) is 34.6 Å². The van der Waals surface area contributed by atoms with Gasteiger partial charge in [-0.25, -0.2) is 0 Å². The number of fused-ring (bicyclic) bond motifs is 1. The second kappa shape index (κ2) is 7.32. The first-order valence-corrected chi connectivity index (χ1v) is 9.35. The molecule has 1 amide bonds. The summed E-state index contributed by atoms with van der Waals surface area (Å²) in [5.41, 5.74) is 4.27. The van der Waals surface area contributed by atoms with Crippen molar-refractivity contribution in [2.24, 2.45) is 5.92 Å². The average Bonchev–Trinajstić information content (AvgIpc) is 3.10. The Hall–Kier alpha value is -2.62. The first-order chi connectivity index (χ1) is 12.7. The van der Waals surface area contributed by atoms with Crippen LogP contribution in [-0.4, -0.2) is 23.5 Å². The lowest BCUT2D eigenvalue weighted by molar-refractivity contribution is -0.125. The molecule has 4 heteroatoms. The Morgan fingerprint density at radius 2 is 2.19 bits per heavy atom. The summed E-state index contributed by atoms with van der Waals surface area (Å²) in [7, 11) is 0. The van der Waals surface area contributed by atoms with Crippen LogP contribution in [0.15, 0.2) is 48.7 Å². The first-order valence-electron chi connectivity index (χ1n) is 9.35. The zero-order valence-electron chi connectivity index (χ0n) is 15.1. The van der Waals surface area contributed by atoms with E-state index in [9.17, 15) is 4.79 Å². The van der Waals surface area contributed by atoms with Crippen molar-refractivity contribution in [2.75, 3.05) is 6.54 Å². The van der Waals surface area contributed by atoms with Gasteiger partial charge in [-0.1, -0.05) is 30.4 Å². The molecule has 4 nitrogen and oxygen atoms in total. The summed E-state index contributed by atoms with van der Waals surface area (Å²) in [6.45, 7) is 2.58. The van der Waals surface area contributed by atoms with Crippen molar-refractivity contribution < 1.29 is 9.53 Å². The number of ether oxygens (including phenoxy) is 1. The maximum Gasteiger partial charge on any atom is 0.223 e. The Kier molecular flexibility index (Phi) is 4.74. The number of allylic oxidation sites excluding steroid dienone is 2. The molecule has 4 rings (SSSR count). The van der Waals surface area contributed by atoms with Crippen LogP contribution in [0.25, 0.3) is 11.3 Å². The third-order valence-corrected chi connectivity index (χ3v) is 5.16. The molecule has 26 heavy (non-hydrogen) atoms. The highest BCUT2D eigenvalue weighted by molar-refractivity contribution is 5.79. The monoisotopic (exact) mass is 348 g/mol. The second-order valence-corrected chi connectivity index (χ2v) is 7.19. The van der Waals surface area contributed by atoms with Gasteiger partial charge < -0.3 is 10.1 Å². The molecule has 0 fully saturated rings. The molecule has 2 atom stereocenters. The van der Waals surface area contributed by atoms with E-state index < -0.39 is 0 Å². The third kappa shape index (κ3) is 3.50. The van der Waals surface area contributed by atoms with E-state index in [4.69, 9.17) is 4.74 Å². The first kappa shape index (κ1) is 16.8. The number of amides is 1. The van der Waals surface area contributed by atoms with Crippen LogP contribution in [0, 0.1) is 12.8 Å². The minimum absolute atomic E-state index is 0.0142. The minimum Gasteiger partial charge on any atom is -0.487 e. The molecule has 1 aromatic heterocycles. The van der Waals surface area contributed by atoms with Crippen LogP contribution in [0.2, 0.25) is 0 Å². The van der Waals surface area contributed by atoms with Crippen LogP contribution in [0.5, 0.6) is 5.75 Å². The van der Waals surface area contributed by atoms with Crippen molar-refractivity contribution in [1.29, 1.82) is 0 Å². The maximum atomic E-state index is 12.3. The number of carbonyl (C=O) groups is 1. The SMILES string of the molecule is Cc1ccc(-c2cccc3c2O[C@@H](CNC(=O)[C@@H]2CC=CCC2)C3)nc1. The highest BCUT2D eigenvalue weighted by Gasteiger charge is 2.27. The number of aryl methyl sites for hydroxylation is 1. The van der Waals surface area contributed by atoms with Crippen molar-refractivity contribution in [3.05, 3.63) is 59.8 Å². The molecule has 0 bridgehead atoms. The van der Waals surface area contributed by atoms with Gasteiger partial charge in [-0.15, -0.1) is 0 Å². The molecule has 1 aliphatic carbocycles. The van der Waals surface area contributed by atoms with E-state index in [0.717, 1.165) is 48.3 Å². The third-order valence-electron chi connectivity index (χ3n) is 5.16. The van der Waals surface area contributed by atoms with Crippen LogP contribution in [0.1, 0.15) is 30.4 Å². The lowest BCUT2D eigenvalue weighted by Crippen LogP contribution is -2.38. The molecule has 134 valence electrons. The predicted octanol–water partition coefficient (Wildman–Crippen LogP) is 3.83. The normalized spacial score (nSPS) is 21.1. The fourth-order valence-corrected chi connectivity index (χ4v) is 3.67. The van der Waals surface area contributed by atoms with E-state index in [1.165, 1.54) is 5.56 Å². The Balaban J connectivity index is 1.42. The highest BCUT2D eigenvalue weighted by atomic mass is 16.5. The van der Waals surface area contributed by atoms with Gasteiger partial charge in [0.05, 0.1) is 12.2 Å². The molecule has 0 radical (unpaired) electrons. The Morgan fingerprint density at radius 1 is 1.27 bits per heavy atom. The van der Waals surface area contributed by atoms with Crippen LogP contribution in [-0.2, 0) is 11.2 Å². The number of hydrogen-bond acceptors (Lipinski definition) is 3. The molecule has 2 aromatic rings. The largest absolute Gasteiger partial charge is 0.487 e. The van der Waals surface area contributed by atoms with E-state index >= 15 is 0 Å². The van der Waals surface area contributed by atoms with Gasteiger partial charge in [-0.05, 0) is 49.4 Å². The molecular weight excluding hydrogens is 324 g/mol. The summed E-state index contributed by atoms with van der Waals surface area (Å²) < 4.78 is 6.19. The standard InChI is InChI=1S/C22H24N2O2/c1-15-10-11-20(23-13-15)19-9-5-8-17-12-18(26-21(17)19)14-24-22(25)16-6-3-2-4-7-16/h2-3,5,8-11,13,16,18H,4,6-7,12,14H2,1H3,(H,24,25)/t16-,18-/m1/s1. The number of hydrogen-bond donors (Lipinski definition) is 1.